The Labute approximate surface area is 91.1 Å². The zero-order chi connectivity index (χ0) is 11.5. The molecule has 1 aliphatic rings. The predicted molar refractivity (Wildman–Crippen MR) is 57.1 cm³/mol. The lowest BCUT2D eigenvalue weighted by molar-refractivity contribution is -0.168. The van der Waals surface area contributed by atoms with Gasteiger partial charge in [0, 0.05) is 0 Å². The first-order valence-corrected chi connectivity index (χ1v) is 5.20. The fourth-order valence-electron chi connectivity index (χ4n) is 1.45. The Balaban J connectivity index is 2.21. The van der Waals surface area contributed by atoms with Crippen LogP contribution in [0, 0.1) is 18.3 Å². The maximum absolute atomic E-state index is 11.5. The predicted octanol–water partition coefficient (Wildman–Crippen LogP) is 1.76. The van der Waals surface area contributed by atoms with Crippen molar-refractivity contribution in [2.24, 2.45) is 5.92 Å². The van der Waals surface area contributed by atoms with Crippen molar-refractivity contribution < 1.29 is 14.3 Å². The fraction of sp³-hybridized carbons (Fsp3) is 0.750. The van der Waals surface area contributed by atoms with Gasteiger partial charge in [-0.15, -0.1) is 6.42 Å². The third-order valence-electron chi connectivity index (χ3n) is 2.24. The molecule has 1 saturated carbocycles. The summed E-state index contributed by atoms with van der Waals surface area (Å²) in [6.07, 6.45) is 6.67. The minimum Gasteiger partial charge on any atom is -0.460 e. The summed E-state index contributed by atoms with van der Waals surface area (Å²) in [5.41, 5.74) is -0.401. The summed E-state index contributed by atoms with van der Waals surface area (Å²) >= 11 is 0. The van der Waals surface area contributed by atoms with Crippen LogP contribution in [0.1, 0.15) is 33.6 Å². The topological polar surface area (TPSA) is 35.5 Å². The summed E-state index contributed by atoms with van der Waals surface area (Å²) < 4.78 is 10.6. The molecule has 0 N–H and O–H groups in total. The van der Waals surface area contributed by atoms with Crippen molar-refractivity contribution in [2.75, 3.05) is 6.61 Å². The summed E-state index contributed by atoms with van der Waals surface area (Å²) in [6.45, 7) is 5.94. The van der Waals surface area contributed by atoms with Crippen LogP contribution in [0.5, 0.6) is 0 Å². The molecule has 0 spiro atoms. The highest BCUT2D eigenvalue weighted by Gasteiger charge is 2.37. The van der Waals surface area contributed by atoms with Crippen LogP contribution in [0.2, 0.25) is 0 Å². The van der Waals surface area contributed by atoms with Crippen LogP contribution >= 0.6 is 0 Å². The van der Waals surface area contributed by atoms with E-state index in [4.69, 9.17) is 15.9 Å². The Morgan fingerprint density at radius 2 is 2.07 bits per heavy atom. The van der Waals surface area contributed by atoms with Crippen molar-refractivity contribution >= 4 is 5.97 Å². The average Bonchev–Trinajstić information content (AvgIpc) is 1.98. The van der Waals surface area contributed by atoms with Crippen LogP contribution < -0.4 is 0 Å². The summed E-state index contributed by atoms with van der Waals surface area (Å²) in [4.78, 5) is 11.5. The summed E-state index contributed by atoms with van der Waals surface area (Å²) in [5.74, 6) is 2.28. The van der Waals surface area contributed by atoms with Crippen LogP contribution in [0.4, 0.5) is 0 Å². The van der Waals surface area contributed by atoms with Gasteiger partial charge in [-0.25, -0.2) is 0 Å². The number of carbonyl (C=O) groups is 1. The zero-order valence-corrected chi connectivity index (χ0v) is 9.58. The molecule has 0 bridgehead atoms. The quantitative estimate of drug-likeness (QED) is 0.526. The summed E-state index contributed by atoms with van der Waals surface area (Å²) in [6, 6.07) is 0. The lowest BCUT2D eigenvalue weighted by Crippen LogP contribution is -2.40. The van der Waals surface area contributed by atoms with E-state index in [-0.39, 0.29) is 18.0 Å². The SMILES string of the molecule is C#CCOC1CC(C(=O)OC(C)(C)C)C1. The molecule has 0 heterocycles. The van der Waals surface area contributed by atoms with E-state index in [0.29, 0.717) is 6.61 Å². The highest BCUT2D eigenvalue weighted by molar-refractivity contribution is 5.74. The number of esters is 1. The van der Waals surface area contributed by atoms with E-state index in [0.717, 1.165) is 12.8 Å². The Morgan fingerprint density at radius 1 is 1.47 bits per heavy atom. The van der Waals surface area contributed by atoms with Gasteiger partial charge in [0.15, 0.2) is 0 Å². The molecule has 0 saturated heterocycles. The van der Waals surface area contributed by atoms with Crippen molar-refractivity contribution in [1.82, 2.24) is 0 Å². The summed E-state index contributed by atoms with van der Waals surface area (Å²) in [7, 11) is 0. The molecule has 15 heavy (non-hydrogen) atoms. The van der Waals surface area contributed by atoms with Gasteiger partial charge >= 0.3 is 5.97 Å². The number of terminal acetylenes is 1. The van der Waals surface area contributed by atoms with Crippen LogP contribution in [0.3, 0.4) is 0 Å². The number of hydrogen-bond acceptors (Lipinski definition) is 3. The molecule has 0 unspecified atom stereocenters. The van der Waals surface area contributed by atoms with Gasteiger partial charge in [-0.1, -0.05) is 5.92 Å². The first-order chi connectivity index (χ1) is 6.92. The van der Waals surface area contributed by atoms with Gasteiger partial charge in [-0.2, -0.15) is 0 Å². The normalized spacial score (nSPS) is 25.2. The molecule has 0 aliphatic heterocycles. The number of hydrogen-bond donors (Lipinski definition) is 0. The van der Waals surface area contributed by atoms with Crippen LogP contribution in [-0.2, 0) is 14.3 Å². The van der Waals surface area contributed by atoms with Crippen molar-refractivity contribution in [2.45, 2.75) is 45.3 Å². The minimum absolute atomic E-state index is 0.00741. The van der Waals surface area contributed by atoms with Gasteiger partial charge in [0.05, 0.1) is 12.0 Å². The molecule has 3 nitrogen and oxygen atoms in total. The largest absolute Gasteiger partial charge is 0.460 e. The van der Waals surface area contributed by atoms with E-state index >= 15 is 0 Å². The van der Waals surface area contributed by atoms with Crippen molar-refractivity contribution in [1.29, 1.82) is 0 Å². The van der Waals surface area contributed by atoms with Gasteiger partial charge in [0.2, 0.25) is 0 Å². The van der Waals surface area contributed by atoms with Crippen molar-refractivity contribution in [3.05, 3.63) is 0 Å². The highest BCUT2D eigenvalue weighted by Crippen LogP contribution is 2.32. The van der Waals surface area contributed by atoms with Gasteiger partial charge in [-0.3, -0.25) is 4.79 Å². The summed E-state index contributed by atoms with van der Waals surface area (Å²) in [5, 5.41) is 0. The second-order valence-electron chi connectivity index (χ2n) is 4.84. The Morgan fingerprint density at radius 3 is 2.53 bits per heavy atom. The second-order valence-corrected chi connectivity index (χ2v) is 4.84. The van der Waals surface area contributed by atoms with Gasteiger partial charge in [0.1, 0.15) is 12.2 Å². The molecule has 0 aromatic heterocycles. The molecule has 1 fully saturated rings. The number of ether oxygens (including phenoxy) is 2. The van der Waals surface area contributed by atoms with E-state index < -0.39 is 5.60 Å². The number of rotatable bonds is 3. The highest BCUT2D eigenvalue weighted by atomic mass is 16.6. The lowest BCUT2D eigenvalue weighted by Gasteiger charge is -2.34. The maximum Gasteiger partial charge on any atom is 0.309 e. The molecule has 3 heteroatoms. The number of carbonyl (C=O) groups excluding carboxylic acids is 1. The van der Waals surface area contributed by atoms with Crippen LogP contribution in [0.25, 0.3) is 0 Å². The lowest BCUT2D eigenvalue weighted by atomic mass is 9.82. The monoisotopic (exact) mass is 210 g/mol. The molecule has 0 aromatic carbocycles. The van der Waals surface area contributed by atoms with Crippen LogP contribution in [-0.4, -0.2) is 24.3 Å². The van der Waals surface area contributed by atoms with Crippen molar-refractivity contribution in [3.8, 4) is 12.3 Å². The van der Waals surface area contributed by atoms with Crippen molar-refractivity contribution in [3.63, 3.8) is 0 Å². The molecule has 0 radical (unpaired) electrons. The molecule has 1 rings (SSSR count). The standard InChI is InChI=1S/C12H18O3/c1-5-6-14-10-7-9(8-10)11(13)15-12(2,3)4/h1,9-10H,6-8H2,2-4H3. The third-order valence-corrected chi connectivity index (χ3v) is 2.24. The molecular formula is C12H18O3. The van der Waals surface area contributed by atoms with E-state index in [1.165, 1.54) is 0 Å². The third kappa shape index (κ3) is 3.93. The smallest absolute Gasteiger partial charge is 0.309 e. The van der Waals surface area contributed by atoms with E-state index in [9.17, 15) is 4.79 Å². The van der Waals surface area contributed by atoms with E-state index in [1.807, 2.05) is 20.8 Å². The Kier molecular flexibility index (Phi) is 3.76. The van der Waals surface area contributed by atoms with E-state index in [1.54, 1.807) is 0 Å². The molecule has 0 atom stereocenters. The molecule has 1 aliphatic carbocycles. The Hall–Kier alpha value is -1.01. The Bertz CT molecular complexity index is 264. The van der Waals surface area contributed by atoms with Crippen LogP contribution in [0.15, 0.2) is 0 Å². The fourth-order valence-corrected chi connectivity index (χ4v) is 1.45. The van der Waals surface area contributed by atoms with Gasteiger partial charge < -0.3 is 9.47 Å². The molecule has 0 aromatic rings. The van der Waals surface area contributed by atoms with Gasteiger partial charge in [0.25, 0.3) is 0 Å². The average molecular weight is 210 g/mol. The van der Waals surface area contributed by atoms with Gasteiger partial charge in [-0.05, 0) is 33.6 Å². The maximum atomic E-state index is 11.5. The molecule has 84 valence electrons. The van der Waals surface area contributed by atoms with E-state index in [2.05, 4.69) is 5.92 Å². The second kappa shape index (κ2) is 4.67. The molecular weight excluding hydrogens is 192 g/mol. The first kappa shape index (κ1) is 12.1. The molecule has 0 amide bonds. The zero-order valence-electron chi connectivity index (χ0n) is 9.58. The minimum atomic E-state index is -0.401. The first-order valence-electron chi connectivity index (χ1n) is 5.20.